The monoisotopic (exact) mass is 261 g/mol. The molecule has 0 spiro atoms. The third-order valence-corrected chi connectivity index (χ3v) is 3.77. The molecule has 0 fully saturated rings. The summed E-state index contributed by atoms with van der Waals surface area (Å²) in [6.07, 6.45) is 3.35. The topological polar surface area (TPSA) is 57.8 Å². The van der Waals surface area contributed by atoms with Crippen LogP contribution in [0.15, 0.2) is 17.5 Å². The van der Waals surface area contributed by atoms with E-state index in [1.807, 2.05) is 38.3 Å². The minimum absolute atomic E-state index is 0.169. The molecule has 0 radical (unpaired) electrons. The van der Waals surface area contributed by atoms with Gasteiger partial charge in [-0.3, -0.25) is 9.89 Å². The van der Waals surface area contributed by atoms with Gasteiger partial charge < -0.3 is 5.32 Å². The van der Waals surface area contributed by atoms with Gasteiger partial charge in [-0.05, 0) is 43.9 Å². The van der Waals surface area contributed by atoms with Crippen molar-refractivity contribution in [1.82, 2.24) is 10.2 Å². The molecule has 0 aliphatic carbocycles. The number of thiophene rings is 1. The summed E-state index contributed by atoms with van der Waals surface area (Å²) >= 11 is 1.62. The zero-order chi connectivity index (χ0) is 13.1. The maximum absolute atomic E-state index is 11.7. The molecular weight excluding hydrogens is 246 g/mol. The summed E-state index contributed by atoms with van der Waals surface area (Å²) in [4.78, 5) is 12.8. The Bertz CT molecular complexity index is 595. The first-order valence-electron chi connectivity index (χ1n) is 5.62. The SMILES string of the molecule is Cc1ccsc1/C=C/C(=O)Nc1n[nH]c(C)c1C. The lowest BCUT2D eigenvalue weighted by atomic mass is 10.2. The number of H-pyrrole nitrogens is 1. The van der Waals surface area contributed by atoms with Gasteiger partial charge in [0.25, 0.3) is 0 Å². The zero-order valence-electron chi connectivity index (χ0n) is 10.6. The fraction of sp³-hybridized carbons (Fsp3) is 0.231. The van der Waals surface area contributed by atoms with Gasteiger partial charge in [-0.25, -0.2) is 0 Å². The van der Waals surface area contributed by atoms with Crippen molar-refractivity contribution in [1.29, 1.82) is 0 Å². The van der Waals surface area contributed by atoms with Gasteiger partial charge in [-0.15, -0.1) is 11.3 Å². The lowest BCUT2D eigenvalue weighted by molar-refractivity contribution is -0.111. The number of hydrogen-bond acceptors (Lipinski definition) is 3. The zero-order valence-corrected chi connectivity index (χ0v) is 11.4. The third kappa shape index (κ3) is 2.68. The van der Waals surface area contributed by atoms with E-state index in [9.17, 15) is 4.79 Å². The lowest BCUT2D eigenvalue weighted by Gasteiger charge is -1.98. The predicted molar refractivity (Wildman–Crippen MR) is 74.8 cm³/mol. The summed E-state index contributed by atoms with van der Waals surface area (Å²) in [5.41, 5.74) is 3.10. The Kier molecular flexibility index (Phi) is 3.62. The first-order chi connectivity index (χ1) is 8.58. The second-order valence-electron chi connectivity index (χ2n) is 4.11. The number of nitrogens with zero attached hydrogens (tertiary/aromatic N) is 1. The van der Waals surface area contributed by atoms with E-state index in [-0.39, 0.29) is 5.91 Å². The highest BCUT2D eigenvalue weighted by molar-refractivity contribution is 7.11. The molecule has 0 aromatic carbocycles. The van der Waals surface area contributed by atoms with Crippen molar-refractivity contribution in [3.8, 4) is 0 Å². The van der Waals surface area contributed by atoms with Crippen molar-refractivity contribution < 1.29 is 4.79 Å². The Labute approximate surface area is 110 Å². The molecule has 1 amide bonds. The first kappa shape index (κ1) is 12.6. The Morgan fingerprint density at radius 1 is 1.44 bits per heavy atom. The smallest absolute Gasteiger partial charge is 0.249 e. The van der Waals surface area contributed by atoms with Crippen LogP contribution in [0.25, 0.3) is 6.08 Å². The number of aromatic amines is 1. The largest absolute Gasteiger partial charge is 0.305 e. The molecule has 94 valence electrons. The van der Waals surface area contributed by atoms with E-state index in [2.05, 4.69) is 15.5 Å². The van der Waals surface area contributed by atoms with Crippen molar-refractivity contribution in [2.24, 2.45) is 0 Å². The number of anilines is 1. The molecule has 4 nitrogen and oxygen atoms in total. The van der Waals surface area contributed by atoms with Crippen LogP contribution in [0.3, 0.4) is 0 Å². The molecule has 2 aromatic heterocycles. The molecule has 2 rings (SSSR count). The Morgan fingerprint density at radius 3 is 2.78 bits per heavy atom. The summed E-state index contributed by atoms with van der Waals surface area (Å²) in [5, 5.41) is 11.6. The number of carbonyl (C=O) groups is 1. The number of aryl methyl sites for hydroxylation is 2. The van der Waals surface area contributed by atoms with E-state index < -0.39 is 0 Å². The molecule has 2 heterocycles. The molecule has 0 saturated carbocycles. The van der Waals surface area contributed by atoms with Crippen LogP contribution in [0.1, 0.15) is 21.7 Å². The molecule has 18 heavy (non-hydrogen) atoms. The molecule has 5 heteroatoms. The van der Waals surface area contributed by atoms with Gasteiger partial charge in [0.2, 0.25) is 5.91 Å². The van der Waals surface area contributed by atoms with E-state index in [1.165, 1.54) is 11.6 Å². The van der Waals surface area contributed by atoms with Crippen LogP contribution < -0.4 is 5.32 Å². The summed E-state index contributed by atoms with van der Waals surface area (Å²) < 4.78 is 0. The Balaban J connectivity index is 2.03. The normalized spacial score (nSPS) is 11.1. The molecular formula is C13H15N3OS. The van der Waals surface area contributed by atoms with Gasteiger partial charge in [-0.2, -0.15) is 5.10 Å². The van der Waals surface area contributed by atoms with Crippen LogP contribution in [-0.2, 0) is 4.79 Å². The second kappa shape index (κ2) is 5.18. The quantitative estimate of drug-likeness (QED) is 0.834. The summed E-state index contributed by atoms with van der Waals surface area (Å²) in [5.74, 6) is 0.419. The average molecular weight is 261 g/mol. The molecule has 2 aromatic rings. The van der Waals surface area contributed by atoms with Gasteiger partial charge in [0.15, 0.2) is 5.82 Å². The van der Waals surface area contributed by atoms with Gasteiger partial charge >= 0.3 is 0 Å². The van der Waals surface area contributed by atoms with Crippen LogP contribution in [0.2, 0.25) is 0 Å². The van der Waals surface area contributed by atoms with E-state index in [0.29, 0.717) is 5.82 Å². The van der Waals surface area contributed by atoms with Crippen molar-refractivity contribution in [2.45, 2.75) is 20.8 Å². The van der Waals surface area contributed by atoms with E-state index in [4.69, 9.17) is 0 Å². The molecule has 2 N–H and O–H groups in total. The van der Waals surface area contributed by atoms with Crippen molar-refractivity contribution in [2.75, 3.05) is 5.32 Å². The first-order valence-corrected chi connectivity index (χ1v) is 6.50. The van der Waals surface area contributed by atoms with Crippen LogP contribution in [0, 0.1) is 20.8 Å². The number of hydrogen-bond donors (Lipinski definition) is 2. The van der Waals surface area contributed by atoms with E-state index in [1.54, 1.807) is 11.3 Å². The van der Waals surface area contributed by atoms with Crippen LogP contribution in [0.4, 0.5) is 5.82 Å². The van der Waals surface area contributed by atoms with Gasteiger partial charge in [0, 0.05) is 22.2 Å². The minimum atomic E-state index is -0.169. The molecule has 0 unspecified atom stereocenters. The van der Waals surface area contributed by atoms with Crippen LogP contribution in [0.5, 0.6) is 0 Å². The van der Waals surface area contributed by atoms with Crippen molar-refractivity contribution in [3.05, 3.63) is 39.2 Å². The fourth-order valence-electron chi connectivity index (χ4n) is 1.47. The summed E-state index contributed by atoms with van der Waals surface area (Å²) in [7, 11) is 0. The molecule has 0 saturated heterocycles. The van der Waals surface area contributed by atoms with E-state index in [0.717, 1.165) is 16.1 Å². The third-order valence-electron chi connectivity index (χ3n) is 2.78. The number of aromatic nitrogens is 2. The van der Waals surface area contributed by atoms with Crippen LogP contribution >= 0.6 is 11.3 Å². The molecule has 0 bridgehead atoms. The predicted octanol–water partition coefficient (Wildman–Crippen LogP) is 3.05. The van der Waals surface area contributed by atoms with Crippen molar-refractivity contribution in [3.63, 3.8) is 0 Å². The lowest BCUT2D eigenvalue weighted by Crippen LogP contribution is -2.09. The number of amides is 1. The molecule has 0 aliphatic rings. The summed E-state index contributed by atoms with van der Waals surface area (Å²) in [6.45, 7) is 5.86. The molecule has 0 atom stereocenters. The van der Waals surface area contributed by atoms with Crippen LogP contribution in [-0.4, -0.2) is 16.1 Å². The molecule has 0 aliphatic heterocycles. The van der Waals surface area contributed by atoms with Gasteiger partial charge in [0.05, 0.1) is 0 Å². The van der Waals surface area contributed by atoms with Gasteiger partial charge in [-0.1, -0.05) is 0 Å². The second-order valence-corrected chi connectivity index (χ2v) is 5.06. The Morgan fingerprint density at radius 2 is 2.22 bits per heavy atom. The number of carbonyl (C=O) groups excluding carboxylic acids is 1. The average Bonchev–Trinajstić information content (AvgIpc) is 2.88. The van der Waals surface area contributed by atoms with E-state index >= 15 is 0 Å². The summed E-state index contributed by atoms with van der Waals surface area (Å²) in [6, 6.07) is 2.03. The highest BCUT2D eigenvalue weighted by Crippen LogP contribution is 2.17. The van der Waals surface area contributed by atoms with Crippen molar-refractivity contribution >= 4 is 29.1 Å². The minimum Gasteiger partial charge on any atom is -0.305 e. The highest BCUT2D eigenvalue weighted by Gasteiger charge is 2.07. The Hall–Kier alpha value is -1.88. The fourth-order valence-corrected chi connectivity index (χ4v) is 2.29. The standard InChI is InChI=1S/C13H15N3OS/c1-8-6-7-18-11(8)4-5-12(17)14-13-9(2)10(3)15-16-13/h4-7H,1-3H3,(H2,14,15,16,17)/b5-4+. The number of nitrogens with one attached hydrogen (secondary N) is 2. The highest BCUT2D eigenvalue weighted by atomic mass is 32.1. The van der Waals surface area contributed by atoms with Gasteiger partial charge in [0.1, 0.15) is 0 Å². The number of rotatable bonds is 3. The maximum Gasteiger partial charge on any atom is 0.249 e. The maximum atomic E-state index is 11.7.